The number of hydrogen-bond acceptors (Lipinski definition) is 2. The zero-order valence-electron chi connectivity index (χ0n) is 13.2. The van der Waals surface area contributed by atoms with Gasteiger partial charge < -0.3 is 16.0 Å². The molecule has 27 heavy (non-hydrogen) atoms. The lowest BCUT2D eigenvalue weighted by atomic mass is 10.2. The van der Waals surface area contributed by atoms with E-state index < -0.39 is 15.9 Å². The normalized spacial score (nSPS) is 12.2. The van der Waals surface area contributed by atoms with E-state index in [1.54, 1.807) is 36.4 Å². The molecule has 144 valence electrons. The number of alkyl halides is 3. The fourth-order valence-corrected chi connectivity index (χ4v) is 3.17. The van der Waals surface area contributed by atoms with Crippen LogP contribution in [0.5, 0.6) is 0 Å². The van der Waals surface area contributed by atoms with Gasteiger partial charge in [-0.1, -0.05) is 81.7 Å². The average Bonchev–Trinajstić information content (AvgIpc) is 2.56. The summed E-state index contributed by atoms with van der Waals surface area (Å²) in [6.45, 7) is 0. The van der Waals surface area contributed by atoms with Crippen LogP contribution in [-0.2, 0) is 0 Å². The number of carbonyl (C=O) groups is 1. The number of amides is 1. The van der Waals surface area contributed by atoms with Gasteiger partial charge in [-0.05, 0) is 42.5 Å². The van der Waals surface area contributed by atoms with Gasteiger partial charge in [-0.2, -0.15) is 0 Å². The van der Waals surface area contributed by atoms with E-state index in [4.69, 9.17) is 81.8 Å². The summed E-state index contributed by atoms with van der Waals surface area (Å²) in [6, 6.07) is 11.3. The highest BCUT2D eigenvalue weighted by molar-refractivity contribution is 7.80. The van der Waals surface area contributed by atoms with Crippen molar-refractivity contribution in [3.63, 3.8) is 0 Å². The Kier molecular flexibility index (Phi) is 8.13. The van der Waals surface area contributed by atoms with Crippen molar-refractivity contribution in [2.24, 2.45) is 0 Å². The van der Waals surface area contributed by atoms with Gasteiger partial charge >= 0.3 is 0 Å². The van der Waals surface area contributed by atoms with Gasteiger partial charge in [0.15, 0.2) is 5.11 Å². The lowest BCUT2D eigenvalue weighted by Gasteiger charge is -2.28. The molecule has 0 heterocycles. The molecule has 0 aliphatic carbocycles. The van der Waals surface area contributed by atoms with Crippen molar-refractivity contribution in [2.45, 2.75) is 9.96 Å². The van der Waals surface area contributed by atoms with Crippen molar-refractivity contribution in [3.8, 4) is 0 Å². The molecule has 0 saturated heterocycles. The van der Waals surface area contributed by atoms with E-state index in [1.165, 1.54) is 6.07 Å². The summed E-state index contributed by atoms with van der Waals surface area (Å²) in [5.74, 6) is -0.545. The second kappa shape index (κ2) is 9.70. The maximum absolute atomic E-state index is 12.4. The molecule has 0 bridgehead atoms. The van der Waals surface area contributed by atoms with Gasteiger partial charge in [-0.25, -0.2) is 0 Å². The highest BCUT2D eigenvalue weighted by Crippen LogP contribution is 2.30. The van der Waals surface area contributed by atoms with Crippen LogP contribution in [0.25, 0.3) is 0 Å². The molecule has 3 N–H and O–H groups in total. The molecule has 0 fully saturated rings. The summed E-state index contributed by atoms with van der Waals surface area (Å²) in [7, 11) is 0. The molecule has 2 aromatic rings. The Balaban J connectivity index is 2.11. The van der Waals surface area contributed by atoms with Crippen LogP contribution in [0, 0.1) is 0 Å². The predicted molar refractivity (Wildman–Crippen MR) is 119 cm³/mol. The third-order valence-corrected chi connectivity index (χ3v) is 4.93. The predicted octanol–water partition coefficient (Wildman–Crippen LogP) is 6.06. The van der Waals surface area contributed by atoms with Crippen LogP contribution < -0.4 is 16.0 Å². The van der Waals surface area contributed by atoms with E-state index in [0.717, 1.165) is 0 Å². The summed E-state index contributed by atoms with van der Waals surface area (Å²) in [5, 5.41) is 9.24. The molecule has 0 radical (unpaired) electrons. The molecule has 4 nitrogen and oxygen atoms in total. The van der Waals surface area contributed by atoms with Crippen molar-refractivity contribution in [2.75, 3.05) is 5.32 Å². The smallest absolute Gasteiger partial charge is 0.254 e. The minimum atomic E-state index is -1.91. The van der Waals surface area contributed by atoms with Crippen LogP contribution in [0.4, 0.5) is 5.69 Å². The van der Waals surface area contributed by atoms with E-state index in [2.05, 4.69) is 16.0 Å². The monoisotopic (exact) mass is 503 g/mol. The van der Waals surface area contributed by atoms with E-state index in [1.807, 2.05) is 0 Å². The van der Waals surface area contributed by atoms with Crippen LogP contribution in [0.1, 0.15) is 10.4 Å². The van der Waals surface area contributed by atoms with Crippen molar-refractivity contribution in [1.29, 1.82) is 0 Å². The number of anilines is 1. The number of nitrogens with one attached hydrogen (secondary N) is 3. The lowest BCUT2D eigenvalue weighted by molar-refractivity contribution is 0.0934. The molecule has 0 unspecified atom stereocenters. The minimum absolute atomic E-state index is 0.0648. The quantitative estimate of drug-likeness (QED) is 0.268. The minimum Gasteiger partial charge on any atom is -0.339 e. The Morgan fingerprint density at radius 3 is 2.22 bits per heavy atom. The Morgan fingerprint density at radius 1 is 0.963 bits per heavy atom. The highest BCUT2D eigenvalue weighted by atomic mass is 35.6. The molecule has 2 rings (SSSR count). The highest BCUT2D eigenvalue weighted by Gasteiger charge is 2.35. The van der Waals surface area contributed by atoms with E-state index in [-0.39, 0.29) is 15.7 Å². The van der Waals surface area contributed by atoms with Crippen molar-refractivity contribution in [1.82, 2.24) is 10.6 Å². The van der Waals surface area contributed by atoms with Crippen molar-refractivity contribution >= 4 is 98.5 Å². The first-order valence-corrected chi connectivity index (χ1v) is 9.90. The van der Waals surface area contributed by atoms with Gasteiger partial charge in [0.25, 0.3) is 5.91 Å². The molecule has 1 amide bonds. The van der Waals surface area contributed by atoms with Crippen molar-refractivity contribution in [3.05, 3.63) is 63.1 Å². The van der Waals surface area contributed by atoms with Gasteiger partial charge in [-0.3, -0.25) is 4.79 Å². The average molecular weight is 506 g/mol. The number of thiocarbonyl (C=S) groups is 1. The number of halogens is 6. The number of hydrogen-bond donors (Lipinski definition) is 3. The first-order chi connectivity index (χ1) is 12.6. The van der Waals surface area contributed by atoms with E-state index in [9.17, 15) is 4.79 Å². The summed E-state index contributed by atoms with van der Waals surface area (Å²) >= 11 is 41.0. The Labute approximate surface area is 191 Å². The molecule has 0 spiro atoms. The maximum atomic E-state index is 12.4. The molecule has 0 aromatic heterocycles. The van der Waals surface area contributed by atoms with Crippen LogP contribution in [0.15, 0.2) is 42.5 Å². The van der Waals surface area contributed by atoms with Gasteiger partial charge in [-0.15, -0.1) is 0 Å². The zero-order valence-corrected chi connectivity index (χ0v) is 18.6. The van der Waals surface area contributed by atoms with Crippen molar-refractivity contribution < 1.29 is 4.79 Å². The third kappa shape index (κ3) is 6.71. The second-order valence-corrected chi connectivity index (χ2v) is 9.18. The Bertz CT molecular complexity index is 858. The summed E-state index contributed by atoms with van der Waals surface area (Å²) < 4.78 is -1.91. The summed E-state index contributed by atoms with van der Waals surface area (Å²) in [6.07, 6.45) is -1.16. The topological polar surface area (TPSA) is 53.2 Å². The number of carbonyl (C=O) groups excluding carboxylic acids is 1. The molecule has 0 aliphatic rings. The largest absolute Gasteiger partial charge is 0.339 e. The fraction of sp³-hybridized carbons (Fsp3) is 0.125. The first kappa shape index (κ1) is 22.6. The molecular weight excluding hydrogens is 495 g/mol. The van der Waals surface area contributed by atoms with Crippen LogP contribution in [0.3, 0.4) is 0 Å². The Hall–Kier alpha value is -0.660. The number of rotatable bonds is 4. The van der Waals surface area contributed by atoms with Gasteiger partial charge in [0.05, 0.1) is 21.3 Å². The molecule has 2 aromatic carbocycles. The van der Waals surface area contributed by atoms with E-state index in [0.29, 0.717) is 15.7 Å². The summed E-state index contributed by atoms with van der Waals surface area (Å²) in [5.41, 5.74) is 0.707. The third-order valence-electron chi connectivity index (χ3n) is 3.18. The SMILES string of the molecule is O=C(N[C@H](NC(=S)Nc1ccc(Cl)cc1Cl)C(Cl)(Cl)Cl)c1ccccc1Cl. The van der Waals surface area contributed by atoms with Crippen LogP contribution >= 0.6 is 81.8 Å². The van der Waals surface area contributed by atoms with Crippen LogP contribution in [0.2, 0.25) is 15.1 Å². The lowest BCUT2D eigenvalue weighted by Crippen LogP contribution is -2.56. The fourth-order valence-electron chi connectivity index (χ4n) is 1.93. The van der Waals surface area contributed by atoms with E-state index >= 15 is 0 Å². The molecule has 0 saturated carbocycles. The summed E-state index contributed by atoms with van der Waals surface area (Å²) in [4.78, 5) is 12.4. The standard InChI is InChI=1S/C16H11Cl6N3OS/c17-8-5-6-12(11(19)7-8)23-15(27)25-14(16(20,21)22)24-13(26)9-3-1-2-4-10(9)18/h1-7,14H,(H,24,26)(H2,23,25,27)/t14-/m1/s1. The zero-order chi connectivity index (χ0) is 20.2. The Morgan fingerprint density at radius 2 is 1.63 bits per heavy atom. The van der Waals surface area contributed by atoms with Gasteiger partial charge in [0.1, 0.15) is 6.17 Å². The number of benzene rings is 2. The van der Waals surface area contributed by atoms with Crippen LogP contribution in [-0.4, -0.2) is 21.0 Å². The maximum Gasteiger partial charge on any atom is 0.254 e. The molecular formula is C16H11Cl6N3OS. The molecule has 1 atom stereocenters. The molecule has 0 aliphatic heterocycles. The van der Waals surface area contributed by atoms with Gasteiger partial charge in [0, 0.05) is 5.02 Å². The van der Waals surface area contributed by atoms with Gasteiger partial charge in [0.2, 0.25) is 3.79 Å². The molecule has 11 heteroatoms. The first-order valence-electron chi connectivity index (χ1n) is 7.22. The second-order valence-electron chi connectivity index (χ2n) is 5.15.